The highest BCUT2D eigenvalue weighted by Gasteiger charge is 2.35. The summed E-state index contributed by atoms with van der Waals surface area (Å²) in [7, 11) is 0. The molecule has 1 saturated carbocycles. The van der Waals surface area contributed by atoms with Gasteiger partial charge in [-0.25, -0.2) is 0 Å². The van der Waals surface area contributed by atoms with Crippen LogP contribution in [0.4, 0.5) is 0 Å². The van der Waals surface area contributed by atoms with Gasteiger partial charge in [-0.15, -0.1) is 0 Å². The van der Waals surface area contributed by atoms with Crippen LogP contribution in [0.3, 0.4) is 0 Å². The summed E-state index contributed by atoms with van der Waals surface area (Å²) in [6.07, 6.45) is 11.7. The quantitative estimate of drug-likeness (QED) is 0.800. The molecule has 0 aromatic heterocycles. The van der Waals surface area contributed by atoms with Crippen LogP contribution in [0.2, 0.25) is 0 Å². The summed E-state index contributed by atoms with van der Waals surface area (Å²) in [5, 5.41) is 3.45. The number of carbonyl (C=O) groups is 1. The van der Waals surface area contributed by atoms with E-state index >= 15 is 0 Å². The number of carbonyl (C=O) groups excluding carboxylic acids is 1. The number of hydrogen-bond acceptors (Lipinski definition) is 2. The van der Waals surface area contributed by atoms with Crippen LogP contribution in [-0.4, -0.2) is 29.6 Å². The van der Waals surface area contributed by atoms with Gasteiger partial charge < -0.3 is 4.90 Å². The Balaban J connectivity index is 1.77. The molecule has 3 nitrogen and oxygen atoms in total. The van der Waals surface area contributed by atoms with E-state index in [2.05, 4.69) is 24.1 Å². The van der Waals surface area contributed by atoms with E-state index in [1.54, 1.807) is 0 Å². The molecule has 1 aliphatic heterocycles. The van der Waals surface area contributed by atoms with E-state index in [0.29, 0.717) is 5.91 Å². The number of amides is 1. The third-order valence-corrected chi connectivity index (χ3v) is 4.84. The fourth-order valence-electron chi connectivity index (χ4n) is 3.56. The van der Waals surface area contributed by atoms with E-state index in [9.17, 15) is 4.79 Å². The van der Waals surface area contributed by atoms with Crippen LogP contribution >= 0.6 is 0 Å². The Bertz CT molecular complexity index is 286. The summed E-state index contributed by atoms with van der Waals surface area (Å²) < 4.78 is 0. The van der Waals surface area contributed by atoms with Gasteiger partial charge in [-0.2, -0.15) is 0 Å². The normalized spacial score (nSPS) is 29.2. The molecule has 1 N–H and O–H groups in total. The third kappa shape index (κ3) is 3.95. The highest BCUT2D eigenvalue weighted by molar-refractivity contribution is 5.84. The Hall–Kier alpha value is -0.570. The maximum Gasteiger partial charge on any atom is 0.241 e. The van der Waals surface area contributed by atoms with E-state index in [0.717, 1.165) is 25.3 Å². The van der Waals surface area contributed by atoms with Gasteiger partial charge in [0.05, 0.1) is 12.2 Å². The van der Waals surface area contributed by atoms with Crippen LogP contribution in [0.25, 0.3) is 0 Å². The number of unbranched alkanes of at least 4 members (excludes halogenated alkanes) is 1. The van der Waals surface area contributed by atoms with E-state index in [1.807, 2.05) is 0 Å². The first kappa shape index (κ1) is 14.8. The summed E-state index contributed by atoms with van der Waals surface area (Å²) in [5.74, 6) is 1.21. The zero-order valence-corrected chi connectivity index (χ0v) is 12.7. The molecule has 1 amide bonds. The van der Waals surface area contributed by atoms with Crippen molar-refractivity contribution in [2.24, 2.45) is 5.92 Å². The van der Waals surface area contributed by atoms with Crippen LogP contribution in [0, 0.1) is 5.92 Å². The van der Waals surface area contributed by atoms with Crippen molar-refractivity contribution in [3.05, 3.63) is 0 Å². The Morgan fingerprint density at radius 1 is 1.21 bits per heavy atom. The van der Waals surface area contributed by atoms with Crippen LogP contribution in [0.1, 0.15) is 71.6 Å². The molecule has 2 aliphatic rings. The number of hydrogen-bond donors (Lipinski definition) is 1. The zero-order valence-electron chi connectivity index (χ0n) is 12.7. The largest absolute Gasteiger partial charge is 0.326 e. The van der Waals surface area contributed by atoms with Gasteiger partial charge in [0.2, 0.25) is 5.91 Å². The maximum atomic E-state index is 12.4. The Morgan fingerprint density at radius 3 is 2.63 bits per heavy atom. The van der Waals surface area contributed by atoms with Crippen molar-refractivity contribution in [1.82, 2.24) is 10.2 Å². The predicted molar refractivity (Wildman–Crippen MR) is 78.8 cm³/mol. The van der Waals surface area contributed by atoms with E-state index in [4.69, 9.17) is 0 Å². The molecule has 0 aromatic carbocycles. The van der Waals surface area contributed by atoms with Crippen molar-refractivity contribution in [3.8, 4) is 0 Å². The molecule has 0 aromatic rings. The van der Waals surface area contributed by atoms with Crippen molar-refractivity contribution >= 4 is 5.91 Å². The first-order valence-electron chi connectivity index (χ1n) is 8.29. The van der Waals surface area contributed by atoms with E-state index in [-0.39, 0.29) is 12.2 Å². The van der Waals surface area contributed by atoms with Gasteiger partial charge in [-0.05, 0) is 25.7 Å². The molecule has 2 unspecified atom stereocenters. The van der Waals surface area contributed by atoms with Crippen molar-refractivity contribution in [1.29, 1.82) is 0 Å². The second kappa shape index (κ2) is 7.28. The number of nitrogens with one attached hydrogen (secondary N) is 1. The van der Waals surface area contributed by atoms with Gasteiger partial charge in [-0.3, -0.25) is 10.1 Å². The molecule has 2 atom stereocenters. The summed E-state index contributed by atoms with van der Waals surface area (Å²) in [5.41, 5.74) is 0. The average molecular weight is 266 g/mol. The fourth-order valence-corrected chi connectivity index (χ4v) is 3.56. The summed E-state index contributed by atoms with van der Waals surface area (Å²) in [6.45, 7) is 5.27. The smallest absolute Gasteiger partial charge is 0.241 e. The second-order valence-corrected chi connectivity index (χ2v) is 6.36. The molecular formula is C16H30N2O. The highest BCUT2D eigenvalue weighted by Crippen LogP contribution is 2.27. The van der Waals surface area contributed by atoms with Crippen molar-refractivity contribution in [3.63, 3.8) is 0 Å². The second-order valence-electron chi connectivity index (χ2n) is 6.36. The molecule has 1 aliphatic carbocycles. The van der Waals surface area contributed by atoms with Gasteiger partial charge in [0.25, 0.3) is 0 Å². The number of rotatable bonds is 6. The fraction of sp³-hybridized carbons (Fsp3) is 0.938. The standard InChI is InChI=1S/C16H30N2O/c1-3-4-10-15-16(19)18(13(2)17-15)12-11-14-8-6-5-7-9-14/h13-15,17H,3-12H2,1-2H3. The predicted octanol–water partition coefficient (Wildman–Crippen LogP) is 3.29. The molecule has 1 saturated heterocycles. The minimum Gasteiger partial charge on any atom is -0.326 e. The van der Waals surface area contributed by atoms with E-state index in [1.165, 1.54) is 44.9 Å². The summed E-state index contributed by atoms with van der Waals surface area (Å²) >= 11 is 0. The Morgan fingerprint density at radius 2 is 1.95 bits per heavy atom. The van der Waals surface area contributed by atoms with Crippen LogP contribution in [-0.2, 0) is 4.79 Å². The lowest BCUT2D eigenvalue weighted by Crippen LogP contribution is -2.36. The third-order valence-electron chi connectivity index (χ3n) is 4.84. The monoisotopic (exact) mass is 266 g/mol. The maximum absolute atomic E-state index is 12.4. The van der Waals surface area contributed by atoms with Gasteiger partial charge in [0.1, 0.15) is 0 Å². The van der Waals surface area contributed by atoms with Gasteiger partial charge in [-0.1, -0.05) is 51.9 Å². The molecule has 0 spiro atoms. The average Bonchev–Trinajstić information content (AvgIpc) is 2.70. The molecule has 0 radical (unpaired) electrons. The molecular weight excluding hydrogens is 236 g/mol. The first-order chi connectivity index (χ1) is 9.22. The van der Waals surface area contributed by atoms with Crippen molar-refractivity contribution in [2.45, 2.75) is 83.8 Å². The molecule has 0 bridgehead atoms. The minimum atomic E-state index is 0.0845. The lowest BCUT2D eigenvalue weighted by Gasteiger charge is -2.26. The van der Waals surface area contributed by atoms with Gasteiger partial charge in [0, 0.05) is 6.54 Å². The number of nitrogens with zero attached hydrogens (tertiary/aromatic N) is 1. The van der Waals surface area contributed by atoms with Crippen LogP contribution in [0.15, 0.2) is 0 Å². The first-order valence-corrected chi connectivity index (χ1v) is 8.29. The molecule has 1 heterocycles. The summed E-state index contributed by atoms with van der Waals surface area (Å²) in [6, 6.07) is 0.0845. The van der Waals surface area contributed by atoms with Gasteiger partial charge >= 0.3 is 0 Å². The minimum absolute atomic E-state index is 0.0845. The lowest BCUT2D eigenvalue weighted by molar-refractivity contribution is -0.130. The molecule has 2 rings (SSSR count). The van der Waals surface area contributed by atoms with Crippen LogP contribution < -0.4 is 5.32 Å². The Kier molecular flexibility index (Phi) is 5.68. The molecule has 3 heteroatoms. The zero-order chi connectivity index (χ0) is 13.7. The van der Waals surface area contributed by atoms with Crippen molar-refractivity contribution < 1.29 is 4.79 Å². The van der Waals surface area contributed by atoms with Crippen molar-refractivity contribution in [2.75, 3.05) is 6.54 Å². The molecule has 19 heavy (non-hydrogen) atoms. The van der Waals surface area contributed by atoms with Crippen LogP contribution in [0.5, 0.6) is 0 Å². The topological polar surface area (TPSA) is 32.3 Å². The SMILES string of the molecule is CCCCC1NC(C)N(CCC2CCCCC2)C1=O. The molecule has 110 valence electrons. The Labute approximate surface area is 118 Å². The van der Waals surface area contributed by atoms with Gasteiger partial charge in [0.15, 0.2) is 0 Å². The lowest BCUT2D eigenvalue weighted by atomic mass is 9.87. The highest BCUT2D eigenvalue weighted by atomic mass is 16.2. The molecule has 2 fully saturated rings. The summed E-state index contributed by atoms with van der Waals surface area (Å²) in [4.78, 5) is 14.4. The van der Waals surface area contributed by atoms with E-state index < -0.39 is 0 Å².